The van der Waals surface area contributed by atoms with Gasteiger partial charge in [-0.1, -0.05) is 13.8 Å². The molecule has 11 nitrogen and oxygen atoms in total. The second-order valence-corrected chi connectivity index (χ2v) is 15.6. The molecule has 4 saturated carbocycles. The Bertz CT molecular complexity index is 1110. The third kappa shape index (κ3) is 6.71. The number of carbonyl (C=O) groups is 4. The lowest BCUT2D eigenvalue weighted by Gasteiger charge is -2.63. The average molecular weight is 624 g/mol. The molecule has 9 atom stereocenters. The van der Waals surface area contributed by atoms with Gasteiger partial charge in [-0.3, -0.25) is 19.3 Å². The molecule has 0 unspecified atom stereocenters. The van der Waals surface area contributed by atoms with Gasteiger partial charge in [-0.2, -0.15) is 0 Å². The average Bonchev–Trinajstić information content (AvgIpc) is 3.25. The van der Waals surface area contributed by atoms with Crippen molar-refractivity contribution >= 4 is 23.7 Å². The highest BCUT2D eigenvalue weighted by Crippen LogP contribution is 2.67. The van der Waals surface area contributed by atoms with Gasteiger partial charge in [-0.15, -0.1) is 0 Å². The number of hydrogen-bond donors (Lipinski definition) is 5. The number of ketones is 1. The van der Waals surface area contributed by atoms with Crippen molar-refractivity contribution in [3.05, 3.63) is 0 Å². The van der Waals surface area contributed by atoms with Gasteiger partial charge in [0.15, 0.2) is 5.60 Å². The number of fused-ring (bicyclic) bond motifs is 5. The van der Waals surface area contributed by atoms with Crippen LogP contribution in [0.5, 0.6) is 0 Å². The van der Waals surface area contributed by atoms with Crippen LogP contribution in [0, 0.1) is 40.4 Å². The van der Waals surface area contributed by atoms with Crippen molar-refractivity contribution in [2.75, 3.05) is 19.7 Å². The Hall–Kier alpha value is -2.08. The van der Waals surface area contributed by atoms with E-state index in [1.54, 1.807) is 0 Å². The van der Waals surface area contributed by atoms with Gasteiger partial charge >= 0.3 is 17.9 Å². The first-order valence-corrected chi connectivity index (χ1v) is 16.3. The predicted octanol–water partition coefficient (Wildman–Crippen LogP) is 3.44. The lowest BCUT2D eigenvalue weighted by molar-refractivity contribution is -0.170. The van der Waals surface area contributed by atoms with E-state index in [-0.39, 0.29) is 23.2 Å². The normalized spacial score (nSPS) is 39.9. The monoisotopic (exact) mass is 623 g/mol. The lowest BCUT2D eigenvalue weighted by Crippen LogP contribution is -2.62. The number of rotatable bonds is 7. The molecule has 0 amide bonds. The maximum Gasteiger partial charge on any atom is 0.336 e. The van der Waals surface area contributed by atoms with E-state index in [1.807, 2.05) is 6.92 Å². The number of nitrogens with zero attached hydrogens (tertiary/aromatic N) is 1. The molecule has 0 aromatic rings. The Labute approximate surface area is 260 Å². The zero-order valence-corrected chi connectivity index (χ0v) is 27.0. The first kappa shape index (κ1) is 34.8. The number of hydrogen-bond acceptors (Lipinski definition) is 8. The zero-order chi connectivity index (χ0) is 32.8. The molecule has 44 heavy (non-hydrogen) atoms. The molecular formula is C33H53NO10. The number of ether oxygens (including phenoxy) is 1. The maximum atomic E-state index is 12.4. The van der Waals surface area contributed by atoms with Crippen LogP contribution in [-0.2, 0) is 23.9 Å². The number of aliphatic hydroxyl groups is 2. The zero-order valence-electron chi connectivity index (χ0n) is 27.0. The number of carboxylic acid groups (broad SMARTS) is 3. The molecule has 0 bridgehead atoms. The van der Waals surface area contributed by atoms with Crippen molar-refractivity contribution in [2.45, 2.75) is 122 Å². The topological polar surface area (TPSA) is 182 Å². The van der Waals surface area contributed by atoms with E-state index in [4.69, 9.17) is 25.2 Å². The second-order valence-electron chi connectivity index (χ2n) is 15.6. The van der Waals surface area contributed by atoms with Gasteiger partial charge < -0.3 is 30.3 Å². The molecule has 5 aliphatic rings. The van der Waals surface area contributed by atoms with Crippen LogP contribution in [0.4, 0.5) is 0 Å². The summed E-state index contributed by atoms with van der Waals surface area (Å²) in [6.45, 7) is 13.9. The van der Waals surface area contributed by atoms with Gasteiger partial charge in [-0.25, -0.2) is 4.79 Å². The molecule has 0 aromatic heterocycles. The Morgan fingerprint density at radius 2 is 1.50 bits per heavy atom. The molecule has 4 aliphatic carbocycles. The first-order valence-electron chi connectivity index (χ1n) is 16.3. The van der Waals surface area contributed by atoms with Crippen LogP contribution in [0.3, 0.4) is 0 Å². The fourth-order valence-corrected chi connectivity index (χ4v) is 10.4. The summed E-state index contributed by atoms with van der Waals surface area (Å²) in [6.07, 6.45) is 7.08. The van der Waals surface area contributed by atoms with Crippen LogP contribution < -0.4 is 0 Å². The number of morpholine rings is 1. The summed E-state index contributed by atoms with van der Waals surface area (Å²) in [5.74, 6) is -1.37. The van der Waals surface area contributed by atoms with Gasteiger partial charge in [0.25, 0.3) is 0 Å². The summed E-state index contributed by atoms with van der Waals surface area (Å²) in [6, 6.07) is 0.269. The molecule has 1 aliphatic heterocycles. The summed E-state index contributed by atoms with van der Waals surface area (Å²) in [4.78, 5) is 45.5. The van der Waals surface area contributed by atoms with Gasteiger partial charge in [0.05, 0.1) is 31.2 Å². The second kappa shape index (κ2) is 12.6. The molecule has 5 N–H and O–H groups in total. The van der Waals surface area contributed by atoms with Crippen molar-refractivity contribution in [1.29, 1.82) is 0 Å². The molecule has 0 radical (unpaired) electrons. The third-order valence-electron chi connectivity index (χ3n) is 12.4. The molecule has 5 fully saturated rings. The van der Waals surface area contributed by atoms with Crippen molar-refractivity contribution in [1.82, 2.24) is 4.90 Å². The Balaban J connectivity index is 0.000000289. The molecule has 11 heteroatoms. The number of carbonyl (C=O) groups excluding carboxylic acids is 1. The number of carboxylic acids is 3. The van der Waals surface area contributed by atoms with Crippen LogP contribution in [0.15, 0.2) is 0 Å². The summed E-state index contributed by atoms with van der Waals surface area (Å²) in [7, 11) is 0. The van der Waals surface area contributed by atoms with E-state index >= 15 is 0 Å². The molecule has 250 valence electrons. The van der Waals surface area contributed by atoms with E-state index in [2.05, 4.69) is 32.6 Å². The standard InChI is InChI=1S/C27H45NO3.C6H8O7/c1-17(29)20-8-9-21-19-7-6-18-14-24(30)23(28-12-13-31-25(2,3)16-28)15-27(18,5)22(19)10-11-26(20,21)4;7-3(8)1-6(13,5(11)12)2-4(9)10/h18-24,30H,6-16H2,1-5H3;13H,1-2H2,(H,7,8)(H,9,10)(H,11,12)/t18-,19-,20+,21-,22-,23-,24-,26+,27-;/m0./s1. The highest BCUT2D eigenvalue weighted by Gasteiger charge is 2.62. The molecule has 1 heterocycles. The summed E-state index contributed by atoms with van der Waals surface area (Å²) >= 11 is 0. The van der Waals surface area contributed by atoms with Crippen LogP contribution in [-0.4, -0.2) is 97.2 Å². The van der Waals surface area contributed by atoms with Gasteiger partial charge in [0.2, 0.25) is 0 Å². The van der Waals surface area contributed by atoms with E-state index in [1.165, 1.54) is 32.1 Å². The van der Waals surface area contributed by atoms with Crippen LogP contribution in [0.1, 0.15) is 98.8 Å². The van der Waals surface area contributed by atoms with Gasteiger partial charge in [-0.05, 0) is 107 Å². The van der Waals surface area contributed by atoms with Crippen LogP contribution >= 0.6 is 0 Å². The molecule has 5 rings (SSSR count). The quantitative estimate of drug-likeness (QED) is 0.280. The lowest BCUT2D eigenvalue weighted by atomic mass is 9.44. The van der Waals surface area contributed by atoms with E-state index in [9.17, 15) is 24.3 Å². The summed E-state index contributed by atoms with van der Waals surface area (Å²) in [5, 5.41) is 45.0. The van der Waals surface area contributed by atoms with Crippen molar-refractivity contribution in [2.24, 2.45) is 40.4 Å². The first-order chi connectivity index (χ1) is 20.3. The highest BCUT2D eigenvalue weighted by atomic mass is 16.5. The van der Waals surface area contributed by atoms with Crippen LogP contribution in [0.25, 0.3) is 0 Å². The fraction of sp³-hybridized carbons (Fsp3) is 0.879. The minimum atomic E-state index is -2.74. The molecule has 0 spiro atoms. The molecule has 1 saturated heterocycles. The Morgan fingerprint density at radius 1 is 0.886 bits per heavy atom. The molecular weight excluding hydrogens is 570 g/mol. The van der Waals surface area contributed by atoms with Crippen molar-refractivity contribution < 1.29 is 49.4 Å². The molecule has 0 aromatic carbocycles. The number of Topliss-reactive ketones (excluding diaryl/α,β-unsaturated/α-hetero) is 1. The SMILES string of the molecule is CC(=O)[C@H]1CC[C@H]2[C@@H]3CC[C@H]4C[C@H](O)[C@@H](N5CCOC(C)(C)C5)C[C@]4(C)[C@H]3CC[C@]12C.O=C(O)CC(O)(CC(=O)O)C(=O)O. The Morgan fingerprint density at radius 3 is 2.05 bits per heavy atom. The van der Waals surface area contributed by atoms with Gasteiger partial charge in [0, 0.05) is 25.0 Å². The largest absolute Gasteiger partial charge is 0.481 e. The number of aliphatic hydroxyl groups excluding tert-OH is 1. The predicted molar refractivity (Wildman–Crippen MR) is 160 cm³/mol. The minimum absolute atomic E-state index is 0.122. The third-order valence-corrected chi connectivity index (χ3v) is 12.4. The van der Waals surface area contributed by atoms with Crippen molar-refractivity contribution in [3.63, 3.8) is 0 Å². The summed E-state index contributed by atoms with van der Waals surface area (Å²) in [5.41, 5.74) is -2.30. The highest BCUT2D eigenvalue weighted by molar-refractivity contribution is 5.88. The van der Waals surface area contributed by atoms with E-state index in [0.29, 0.717) is 23.0 Å². The summed E-state index contributed by atoms with van der Waals surface area (Å²) < 4.78 is 5.98. The fourth-order valence-electron chi connectivity index (χ4n) is 10.4. The van der Waals surface area contributed by atoms with E-state index in [0.717, 1.165) is 56.7 Å². The van der Waals surface area contributed by atoms with Crippen LogP contribution in [0.2, 0.25) is 0 Å². The maximum absolute atomic E-state index is 12.4. The van der Waals surface area contributed by atoms with Gasteiger partial charge in [0.1, 0.15) is 5.78 Å². The van der Waals surface area contributed by atoms with E-state index < -0.39 is 36.4 Å². The Kier molecular flexibility index (Phi) is 9.97. The minimum Gasteiger partial charge on any atom is -0.481 e. The van der Waals surface area contributed by atoms with Crippen molar-refractivity contribution in [3.8, 4) is 0 Å². The number of aliphatic carboxylic acids is 3. The smallest absolute Gasteiger partial charge is 0.336 e.